The first-order valence-electron chi connectivity index (χ1n) is 3.78. The van der Waals surface area contributed by atoms with E-state index in [4.69, 9.17) is 5.26 Å². The normalized spacial score (nSPS) is 20.2. The van der Waals surface area contributed by atoms with Crippen LogP contribution in [0.3, 0.4) is 0 Å². The summed E-state index contributed by atoms with van der Waals surface area (Å²) in [5.41, 5.74) is 1.31. The molecule has 0 aromatic rings. The molecular weight excluding hydrogens is 168 g/mol. The fraction of sp³-hybridized carbons (Fsp3) is 0.444. The topological polar surface area (TPSA) is 35.8 Å². The third-order valence-corrected chi connectivity index (χ3v) is 2.39. The molecule has 0 bridgehead atoms. The van der Waals surface area contributed by atoms with Crippen molar-refractivity contribution in [1.29, 1.82) is 5.26 Å². The summed E-state index contributed by atoms with van der Waals surface area (Å²) in [5, 5.41) is 14.6. The maximum absolute atomic E-state index is 8.41. The highest BCUT2D eigenvalue weighted by molar-refractivity contribution is 8.06. The fourth-order valence-electron chi connectivity index (χ4n) is 0.807. The molecule has 0 spiro atoms. The quantitative estimate of drug-likeness (QED) is 0.582. The van der Waals surface area contributed by atoms with Gasteiger partial charge >= 0.3 is 0 Å². The minimum absolute atomic E-state index is 0.137. The molecule has 1 heterocycles. The van der Waals surface area contributed by atoms with E-state index in [1.54, 1.807) is 11.8 Å². The summed E-state index contributed by atoms with van der Waals surface area (Å²) < 4.78 is 0. The van der Waals surface area contributed by atoms with Crippen LogP contribution in [-0.4, -0.2) is 0 Å². The first kappa shape index (κ1) is 9.21. The lowest BCUT2D eigenvalue weighted by Crippen LogP contribution is -2.19. The summed E-state index contributed by atoms with van der Waals surface area (Å²) in [4.78, 5) is 0. The minimum Gasteiger partial charge on any atom is -0.352 e. The third-order valence-electron chi connectivity index (χ3n) is 1.57. The highest BCUT2D eigenvalue weighted by Crippen LogP contribution is 2.34. The first-order chi connectivity index (χ1) is 5.54. The van der Waals surface area contributed by atoms with Crippen LogP contribution in [-0.2, 0) is 0 Å². The first-order valence-corrected chi connectivity index (χ1v) is 4.66. The van der Waals surface area contributed by atoms with Crippen molar-refractivity contribution in [2.75, 3.05) is 0 Å². The average molecular weight is 180 g/mol. The standard InChI is InChI=1S/C9H12N2S/c1-9(2,3)7-6-12-8(11-7)4-5-10/h4,6,11H,1-3H3. The molecule has 1 aliphatic rings. The van der Waals surface area contributed by atoms with Gasteiger partial charge in [-0.2, -0.15) is 5.26 Å². The third kappa shape index (κ3) is 2.05. The monoisotopic (exact) mass is 180 g/mol. The zero-order valence-corrected chi connectivity index (χ0v) is 8.33. The van der Waals surface area contributed by atoms with Gasteiger partial charge in [-0.1, -0.05) is 32.5 Å². The average Bonchev–Trinajstić information content (AvgIpc) is 2.35. The van der Waals surface area contributed by atoms with Crippen LogP contribution in [0, 0.1) is 16.7 Å². The summed E-state index contributed by atoms with van der Waals surface area (Å²) in [5.74, 6) is 0. The zero-order chi connectivity index (χ0) is 9.19. The van der Waals surface area contributed by atoms with Crippen molar-refractivity contribution < 1.29 is 0 Å². The smallest absolute Gasteiger partial charge is 0.0939 e. The van der Waals surface area contributed by atoms with E-state index < -0.39 is 0 Å². The second-order valence-corrected chi connectivity index (χ2v) is 4.57. The van der Waals surface area contributed by atoms with Crippen molar-refractivity contribution in [3.05, 3.63) is 22.2 Å². The minimum atomic E-state index is 0.137. The van der Waals surface area contributed by atoms with Gasteiger partial charge in [0, 0.05) is 17.2 Å². The van der Waals surface area contributed by atoms with Crippen LogP contribution in [0.5, 0.6) is 0 Å². The predicted octanol–water partition coefficient (Wildman–Crippen LogP) is 2.58. The molecule has 1 N–H and O–H groups in total. The Hall–Kier alpha value is -0.880. The lowest BCUT2D eigenvalue weighted by molar-refractivity contribution is 0.481. The van der Waals surface area contributed by atoms with Gasteiger partial charge in [-0.25, -0.2) is 0 Å². The summed E-state index contributed by atoms with van der Waals surface area (Å²) in [7, 11) is 0. The van der Waals surface area contributed by atoms with Gasteiger partial charge in [0.2, 0.25) is 0 Å². The van der Waals surface area contributed by atoms with E-state index in [-0.39, 0.29) is 5.41 Å². The van der Waals surface area contributed by atoms with Crippen LogP contribution in [0.4, 0.5) is 0 Å². The van der Waals surface area contributed by atoms with Gasteiger partial charge in [0.05, 0.1) is 11.1 Å². The molecule has 1 rings (SSSR count). The van der Waals surface area contributed by atoms with Gasteiger partial charge < -0.3 is 5.32 Å². The van der Waals surface area contributed by atoms with Gasteiger partial charge in [0.25, 0.3) is 0 Å². The number of thioether (sulfide) groups is 1. The Morgan fingerprint density at radius 3 is 2.67 bits per heavy atom. The molecule has 2 nitrogen and oxygen atoms in total. The van der Waals surface area contributed by atoms with Crippen LogP contribution in [0.1, 0.15) is 20.8 Å². The fourth-order valence-corrected chi connectivity index (χ4v) is 1.75. The largest absolute Gasteiger partial charge is 0.352 e. The predicted molar refractivity (Wildman–Crippen MR) is 52.0 cm³/mol. The van der Waals surface area contributed by atoms with Crippen LogP contribution in [0.2, 0.25) is 0 Å². The lowest BCUT2D eigenvalue weighted by Gasteiger charge is -2.20. The molecule has 64 valence electrons. The van der Waals surface area contributed by atoms with Gasteiger partial charge in [0.15, 0.2) is 0 Å². The molecule has 0 amide bonds. The van der Waals surface area contributed by atoms with Crippen molar-refractivity contribution in [2.45, 2.75) is 20.8 Å². The SMILES string of the molecule is CC(C)(C)C1=CSC(=CC#N)N1. The van der Waals surface area contributed by atoms with Gasteiger partial charge in [-0.05, 0) is 5.41 Å². The Labute approximate surface area is 77.3 Å². The van der Waals surface area contributed by atoms with E-state index >= 15 is 0 Å². The number of hydrogen-bond acceptors (Lipinski definition) is 3. The van der Waals surface area contributed by atoms with E-state index in [2.05, 4.69) is 31.5 Å². The number of allylic oxidation sites excluding steroid dienone is 2. The maximum Gasteiger partial charge on any atom is 0.0939 e. The molecule has 0 atom stereocenters. The highest BCUT2D eigenvalue weighted by atomic mass is 32.2. The molecule has 0 radical (unpaired) electrons. The molecule has 12 heavy (non-hydrogen) atoms. The Morgan fingerprint density at radius 1 is 1.58 bits per heavy atom. The molecule has 0 unspecified atom stereocenters. The molecule has 0 aromatic heterocycles. The second-order valence-electron chi connectivity index (χ2n) is 3.66. The molecule has 0 aliphatic carbocycles. The van der Waals surface area contributed by atoms with Crippen LogP contribution in [0.15, 0.2) is 22.2 Å². The summed E-state index contributed by atoms with van der Waals surface area (Å²) in [6, 6.07) is 2.00. The van der Waals surface area contributed by atoms with Gasteiger partial charge in [-0.15, -0.1) is 0 Å². The van der Waals surface area contributed by atoms with E-state index in [0.29, 0.717) is 0 Å². The Bertz CT molecular complexity index is 276. The zero-order valence-electron chi connectivity index (χ0n) is 7.51. The number of nitrogens with zero attached hydrogens (tertiary/aromatic N) is 1. The van der Waals surface area contributed by atoms with E-state index in [1.165, 1.54) is 11.8 Å². The summed E-state index contributed by atoms with van der Waals surface area (Å²) in [6.45, 7) is 6.42. The van der Waals surface area contributed by atoms with Crippen LogP contribution >= 0.6 is 11.8 Å². The van der Waals surface area contributed by atoms with Crippen molar-refractivity contribution >= 4 is 11.8 Å². The van der Waals surface area contributed by atoms with Crippen molar-refractivity contribution in [2.24, 2.45) is 5.41 Å². The molecule has 0 saturated heterocycles. The van der Waals surface area contributed by atoms with Gasteiger partial charge in [-0.3, -0.25) is 0 Å². The molecule has 3 heteroatoms. The second kappa shape index (κ2) is 3.24. The number of hydrogen-bond donors (Lipinski definition) is 1. The number of nitrogens with one attached hydrogen (secondary N) is 1. The summed E-state index contributed by atoms with van der Waals surface area (Å²) in [6.07, 6.45) is 1.53. The molecule has 0 fully saturated rings. The Kier molecular flexibility index (Phi) is 2.49. The van der Waals surface area contributed by atoms with Crippen LogP contribution in [0.25, 0.3) is 0 Å². The molecule has 1 aliphatic heterocycles. The van der Waals surface area contributed by atoms with Crippen molar-refractivity contribution in [3.63, 3.8) is 0 Å². The number of rotatable bonds is 0. The molecule has 0 saturated carbocycles. The van der Waals surface area contributed by atoms with Crippen molar-refractivity contribution in [1.82, 2.24) is 5.32 Å². The molecular formula is C9H12N2S. The highest BCUT2D eigenvalue weighted by Gasteiger charge is 2.21. The number of nitriles is 1. The lowest BCUT2D eigenvalue weighted by atomic mass is 9.93. The van der Waals surface area contributed by atoms with E-state index in [9.17, 15) is 0 Å². The van der Waals surface area contributed by atoms with E-state index in [1.807, 2.05) is 6.07 Å². The van der Waals surface area contributed by atoms with E-state index in [0.717, 1.165) is 5.03 Å². The maximum atomic E-state index is 8.41. The van der Waals surface area contributed by atoms with Crippen LogP contribution < -0.4 is 5.32 Å². The van der Waals surface area contributed by atoms with Crippen molar-refractivity contribution in [3.8, 4) is 6.07 Å². The summed E-state index contributed by atoms with van der Waals surface area (Å²) >= 11 is 1.57. The molecule has 0 aromatic carbocycles. The Balaban J connectivity index is 2.68. The Morgan fingerprint density at radius 2 is 2.25 bits per heavy atom. The van der Waals surface area contributed by atoms with Gasteiger partial charge in [0.1, 0.15) is 0 Å².